The minimum atomic E-state index is -0.717. The maximum Gasteiger partial charge on any atom is 0.323 e. The molecule has 2 N–H and O–H groups in total. The van der Waals surface area contributed by atoms with E-state index in [0.29, 0.717) is 11.8 Å². The van der Waals surface area contributed by atoms with Gasteiger partial charge in [-0.3, -0.25) is 4.79 Å². The molecule has 0 aromatic carbocycles. The first kappa shape index (κ1) is 14.5. The van der Waals surface area contributed by atoms with Crippen molar-refractivity contribution >= 4 is 5.97 Å². The first-order chi connectivity index (χ1) is 7.67. The van der Waals surface area contributed by atoms with Crippen LogP contribution in [0.25, 0.3) is 0 Å². The van der Waals surface area contributed by atoms with Crippen molar-refractivity contribution in [1.82, 2.24) is 5.32 Å². The van der Waals surface area contributed by atoms with E-state index in [2.05, 4.69) is 39.9 Å². The summed E-state index contributed by atoms with van der Waals surface area (Å²) in [4.78, 5) is 11.7. The Morgan fingerprint density at radius 2 is 2.00 bits per heavy atom. The molecule has 0 saturated heterocycles. The van der Waals surface area contributed by atoms with Gasteiger partial charge in [-0.2, -0.15) is 0 Å². The fourth-order valence-corrected chi connectivity index (χ4v) is 3.34. The maximum absolute atomic E-state index is 11.7. The molecule has 0 spiro atoms. The molecule has 1 aliphatic carbocycles. The Labute approximate surface area is 105 Å². The largest absolute Gasteiger partial charge is 0.480 e. The molecule has 1 aliphatic rings. The number of carboxylic acids is 1. The van der Waals surface area contributed by atoms with E-state index in [9.17, 15) is 9.90 Å². The van der Waals surface area contributed by atoms with Crippen molar-refractivity contribution in [3.63, 3.8) is 0 Å². The zero-order valence-electron chi connectivity index (χ0n) is 11.8. The van der Waals surface area contributed by atoms with Crippen molar-refractivity contribution in [2.75, 3.05) is 6.54 Å². The SMILES string of the molecule is CC(C)CNC1(C(=O)O)CC(C)CC(C)(C)C1. The van der Waals surface area contributed by atoms with Gasteiger partial charge in [0, 0.05) is 0 Å². The molecule has 17 heavy (non-hydrogen) atoms. The zero-order valence-corrected chi connectivity index (χ0v) is 11.8. The third-order valence-electron chi connectivity index (χ3n) is 3.64. The standard InChI is InChI=1S/C14H27NO2/c1-10(2)8-15-14(12(16)17)7-11(3)6-13(4,5)9-14/h10-11,15H,6-9H2,1-5H3,(H,16,17). The number of carbonyl (C=O) groups is 1. The number of rotatable bonds is 4. The van der Waals surface area contributed by atoms with Crippen LogP contribution in [-0.2, 0) is 4.79 Å². The molecule has 2 atom stereocenters. The predicted molar refractivity (Wildman–Crippen MR) is 70.0 cm³/mol. The van der Waals surface area contributed by atoms with E-state index in [0.717, 1.165) is 25.8 Å². The van der Waals surface area contributed by atoms with Gasteiger partial charge in [0.15, 0.2) is 0 Å². The lowest BCUT2D eigenvalue weighted by atomic mass is 9.64. The van der Waals surface area contributed by atoms with Gasteiger partial charge in [0.2, 0.25) is 0 Å². The second-order valence-electron chi connectivity index (χ2n) is 7.02. The lowest BCUT2D eigenvalue weighted by molar-refractivity contribution is -0.149. The Morgan fingerprint density at radius 3 is 2.41 bits per heavy atom. The molecule has 0 aromatic rings. The Bertz CT molecular complexity index is 286. The smallest absolute Gasteiger partial charge is 0.323 e. The Kier molecular flexibility index (Phi) is 4.23. The van der Waals surface area contributed by atoms with Crippen molar-refractivity contribution in [1.29, 1.82) is 0 Å². The van der Waals surface area contributed by atoms with Crippen LogP contribution in [0.1, 0.15) is 53.9 Å². The van der Waals surface area contributed by atoms with Gasteiger partial charge in [-0.1, -0.05) is 34.6 Å². The molecule has 0 radical (unpaired) electrons. The van der Waals surface area contributed by atoms with Crippen molar-refractivity contribution in [3.05, 3.63) is 0 Å². The number of hydrogen-bond acceptors (Lipinski definition) is 2. The van der Waals surface area contributed by atoms with Gasteiger partial charge in [-0.25, -0.2) is 0 Å². The maximum atomic E-state index is 11.7. The van der Waals surface area contributed by atoms with Gasteiger partial charge in [-0.15, -0.1) is 0 Å². The molecule has 2 unspecified atom stereocenters. The van der Waals surface area contributed by atoms with Crippen LogP contribution in [0.2, 0.25) is 0 Å². The van der Waals surface area contributed by atoms with Gasteiger partial charge in [0.05, 0.1) is 0 Å². The summed E-state index contributed by atoms with van der Waals surface area (Å²) in [6, 6.07) is 0. The molecule has 100 valence electrons. The summed E-state index contributed by atoms with van der Waals surface area (Å²) < 4.78 is 0. The van der Waals surface area contributed by atoms with Crippen LogP contribution in [-0.4, -0.2) is 23.2 Å². The molecule has 1 saturated carbocycles. The molecular formula is C14H27NO2. The van der Waals surface area contributed by atoms with E-state index >= 15 is 0 Å². The predicted octanol–water partition coefficient (Wildman–Crippen LogP) is 2.90. The number of carboxylic acid groups (broad SMARTS) is 1. The van der Waals surface area contributed by atoms with Crippen LogP contribution in [0, 0.1) is 17.3 Å². The fourth-order valence-electron chi connectivity index (χ4n) is 3.34. The number of hydrogen-bond donors (Lipinski definition) is 2. The Hall–Kier alpha value is -0.570. The monoisotopic (exact) mass is 241 g/mol. The molecule has 0 heterocycles. The van der Waals surface area contributed by atoms with Gasteiger partial charge >= 0.3 is 5.97 Å². The van der Waals surface area contributed by atoms with Gasteiger partial charge in [0.1, 0.15) is 5.54 Å². The highest BCUT2D eigenvalue weighted by Gasteiger charge is 2.47. The molecule has 0 amide bonds. The highest BCUT2D eigenvalue weighted by Crippen LogP contribution is 2.44. The molecule has 3 heteroatoms. The topological polar surface area (TPSA) is 49.3 Å². The van der Waals surface area contributed by atoms with E-state index in [1.165, 1.54) is 0 Å². The summed E-state index contributed by atoms with van der Waals surface area (Å²) in [5, 5.41) is 12.9. The Morgan fingerprint density at radius 1 is 1.41 bits per heavy atom. The summed E-state index contributed by atoms with van der Waals surface area (Å²) in [6.45, 7) is 11.5. The summed E-state index contributed by atoms with van der Waals surface area (Å²) in [5.41, 5.74) is -0.606. The summed E-state index contributed by atoms with van der Waals surface area (Å²) in [6.07, 6.45) is 2.59. The fraction of sp³-hybridized carbons (Fsp3) is 0.929. The number of nitrogens with one attached hydrogen (secondary N) is 1. The van der Waals surface area contributed by atoms with E-state index in [4.69, 9.17) is 0 Å². The lowest BCUT2D eigenvalue weighted by Gasteiger charge is -2.46. The van der Waals surface area contributed by atoms with Crippen LogP contribution in [0.5, 0.6) is 0 Å². The highest BCUT2D eigenvalue weighted by atomic mass is 16.4. The highest BCUT2D eigenvalue weighted by molar-refractivity contribution is 5.79. The summed E-state index contributed by atoms with van der Waals surface area (Å²) >= 11 is 0. The molecular weight excluding hydrogens is 214 g/mol. The lowest BCUT2D eigenvalue weighted by Crippen LogP contribution is -2.58. The van der Waals surface area contributed by atoms with E-state index < -0.39 is 11.5 Å². The van der Waals surface area contributed by atoms with E-state index in [1.54, 1.807) is 0 Å². The van der Waals surface area contributed by atoms with E-state index in [-0.39, 0.29) is 5.41 Å². The van der Waals surface area contributed by atoms with Crippen molar-refractivity contribution in [3.8, 4) is 0 Å². The number of aliphatic carboxylic acids is 1. The minimum Gasteiger partial charge on any atom is -0.480 e. The first-order valence-electron chi connectivity index (χ1n) is 6.65. The molecule has 0 aliphatic heterocycles. The van der Waals surface area contributed by atoms with Gasteiger partial charge < -0.3 is 10.4 Å². The van der Waals surface area contributed by atoms with Crippen molar-refractivity contribution < 1.29 is 9.90 Å². The van der Waals surface area contributed by atoms with E-state index in [1.807, 2.05) is 0 Å². The quantitative estimate of drug-likeness (QED) is 0.795. The molecule has 1 fully saturated rings. The molecule has 0 aromatic heterocycles. The van der Waals surface area contributed by atoms with Gasteiger partial charge in [0.25, 0.3) is 0 Å². The van der Waals surface area contributed by atoms with Crippen LogP contribution in [0.15, 0.2) is 0 Å². The van der Waals surface area contributed by atoms with Crippen LogP contribution < -0.4 is 5.32 Å². The van der Waals surface area contributed by atoms with Crippen LogP contribution >= 0.6 is 0 Å². The molecule has 0 bridgehead atoms. The van der Waals surface area contributed by atoms with Crippen molar-refractivity contribution in [2.24, 2.45) is 17.3 Å². The Balaban J connectivity index is 2.86. The molecule has 3 nitrogen and oxygen atoms in total. The third kappa shape index (κ3) is 3.70. The second-order valence-corrected chi connectivity index (χ2v) is 7.02. The third-order valence-corrected chi connectivity index (χ3v) is 3.64. The van der Waals surface area contributed by atoms with Gasteiger partial charge in [-0.05, 0) is 43.1 Å². The van der Waals surface area contributed by atoms with Crippen LogP contribution in [0.4, 0.5) is 0 Å². The molecule has 1 rings (SSSR count). The summed E-state index contributed by atoms with van der Waals surface area (Å²) in [7, 11) is 0. The average Bonchev–Trinajstić information content (AvgIpc) is 2.11. The zero-order chi connectivity index (χ0) is 13.3. The first-order valence-corrected chi connectivity index (χ1v) is 6.65. The van der Waals surface area contributed by atoms with Crippen LogP contribution in [0.3, 0.4) is 0 Å². The summed E-state index contributed by atoms with van der Waals surface area (Å²) in [5.74, 6) is 0.263. The van der Waals surface area contributed by atoms with Crippen molar-refractivity contribution in [2.45, 2.75) is 59.4 Å². The second kappa shape index (κ2) is 4.97. The normalized spacial score (nSPS) is 32.7. The minimum absolute atomic E-state index is 0.111. The average molecular weight is 241 g/mol.